The Morgan fingerprint density at radius 3 is 2.60 bits per heavy atom. The van der Waals surface area contributed by atoms with E-state index < -0.39 is 10.0 Å². The van der Waals surface area contributed by atoms with Crippen molar-refractivity contribution in [2.45, 2.75) is 24.5 Å². The van der Waals surface area contributed by atoms with E-state index in [4.69, 9.17) is 11.6 Å². The predicted octanol–water partition coefficient (Wildman–Crippen LogP) is 2.73. The Bertz CT molecular complexity index is 412. The first-order chi connectivity index (χ1) is 6.92. The van der Waals surface area contributed by atoms with Gasteiger partial charge in [0.25, 0.3) is 0 Å². The average molecular weight is 268 g/mol. The Balaban J connectivity index is 2.60. The minimum absolute atomic E-state index is 0.274. The lowest BCUT2D eigenvalue weighted by Crippen LogP contribution is -2.24. The zero-order chi connectivity index (χ0) is 11.5. The number of sulfonamides is 1. The largest absolute Gasteiger partial charge is 0.250 e. The highest BCUT2D eigenvalue weighted by Gasteiger charge is 2.15. The fraction of sp³-hybridized carbons (Fsp3) is 0.556. The van der Waals surface area contributed by atoms with Crippen molar-refractivity contribution in [3.05, 3.63) is 16.5 Å². The van der Waals surface area contributed by atoms with E-state index in [0.717, 1.165) is 17.8 Å². The molecule has 1 heterocycles. The third-order valence-corrected chi connectivity index (χ3v) is 5.01. The normalized spacial score (nSPS) is 12.3. The summed E-state index contributed by atoms with van der Waals surface area (Å²) in [5.41, 5.74) is 0. The molecule has 0 saturated carbocycles. The Labute approximate surface area is 99.5 Å². The number of hydrogen-bond donors (Lipinski definition) is 1. The van der Waals surface area contributed by atoms with Gasteiger partial charge in [-0.3, -0.25) is 0 Å². The molecule has 0 aliphatic heterocycles. The summed E-state index contributed by atoms with van der Waals surface area (Å²) < 4.78 is 26.6. The SMILES string of the molecule is CC(C)CCNS(=O)(=O)c1ccc(Cl)s1. The summed E-state index contributed by atoms with van der Waals surface area (Å²) in [5, 5.41) is 0. The molecule has 0 bridgehead atoms. The van der Waals surface area contributed by atoms with Crippen LogP contribution in [0.25, 0.3) is 0 Å². The molecule has 1 aromatic heterocycles. The maximum absolute atomic E-state index is 11.7. The van der Waals surface area contributed by atoms with Gasteiger partial charge in [-0.25, -0.2) is 13.1 Å². The summed E-state index contributed by atoms with van der Waals surface area (Å²) in [7, 11) is -3.35. The van der Waals surface area contributed by atoms with E-state index in [0.29, 0.717) is 16.8 Å². The van der Waals surface area contributed by atoms with Crippen molar-refractivity contribution in [3.8, 4) is 0 Å². The third kappa shape index (κ3) is 4.10. The fourth-order valence-electron chi connectivity index (χ4n) is 0.995. The first kappa shape index (κ1) is 13.0. The standard InChI is InChI=1S/C9H14ClNO2S2/c1-7(2)5-6-11-15(12,13)9-4-3-8(10)14-9/h3-4,7,11H,5-6H2,1-2H3. The van der Waals surface area contributed by atoms with E-state index in [1.807, 2.05) is 0 Å². The molecule has 15 heavy (non-hydrogen) atoms. The summed E-state index contributed by atoms with van der Waals surface area (Å²) in [4.78, 5) is 0. The van der Waals surface area contributed by atoms with Crippen LogP contribution in [0.1, 0.15) is 20.3 Å². The number of hydrogen-bond acceptors (Lipinski definition) is 3. The summed E-state index contributed by atoms with van der Waals surface area (Å²) in [6.07, 6.45) is 0.832. The molecule has 6 heteroatoms. The van der Waals surface area contributed by atoms with Gasteiger partial charge >= 0.3 is 0 Å². The molecule has 0 saturated heterocycles. The van der Waals surface area contributed by atoms with Crippen LogP contribution in [0.2, 0.25) is 4.34 Å². The Kier molecular flexibility index (Phi) is 4.58. The van der Waals surface area contributed by atoms with E-state index >= 15 is 0 Å². The van der Waals surface area contributed by atoms with Crippen LogP contribution in [0.3, 0.4) is 0 Å². The number of thiophene rings is 1. The zero-order valence-electron chi connectivity index (χ0n) is 8.66. The van der Waals surface area contributed by atoms with E-state index in [1.165, 1.54) is 6.07 Å². The van der Waals surface area contributed by atoms with Crippen molar-refractivity contribution >= 4 is 33.0 Å². The summed E-state index contributed by atoms with van der Waals surface area (Å²) in [5.74, 6) is 0.486. The molecule has 1 rings (SSSR count). The quantitative estimate of drug-likeness (QED) is 0.892. The van der Waals surface area contributed by atoms with Gasteiger partial charge in [-0.2, -0.15) is 0 Å². The van der Waals surface area contributed by atoms with Gasteiger partial charge in [0.1, 0.15) is 4.21 Å². The van der Waals surface area contributed by atoms with E-state index in [1.54, 1.807) is 6.07 Å². The van der Waals surface area contributed by atoms with E-state index in [9.17, 15) is 8.42 Å². The van der Waals surface area contributed by atoms with Crippen LogP contribution in [0.5, 0.6) is 0 Å². The molecule has 0 atom stereocenters. The van der Waals surface area contributed by atoms with Gasteiger partial charge in [0.2, 0.25) is 10.0 Å². The van der Waals surface area contributed by atoms with Gasteiger partial charge in [-0.15, -0.1) is 11.3 Å². The second-order valence-corrected chi connectivity index (χ2v) is 7.35. The topological polar surface area (TPSA) is 46.2 Å². The smallest absolute Gasteiger partial charge is 0.210 e. The van der Waals surface area contributed by atoms with Crippen LogP contribution in [-0.4, -0.2) is 15.0 Å². The van der Waals surface area contributed by atoms with Gasteiger partial charge in [-0.05, 0) is 24.5 Å². The monoisotopic (exact) mass is 267 g/mol. The highest BCUT2D eigenvalue weighted by molar-refractivity contribution is 7.91. The van der Waals surface area contributed by atoms with Crippen LogP contribution in [0.4, 0.5) is 0 Å². The molecule has 0 aromatic carbocycles. The molecule has 3 nitrogen and oxygen atoms in total. The Morgan fingerprint density at radius 2 is 2.13 bits per heavy atom. The Morgan fingerprint density at radius 1 is 1.47 bits per heavy atom. The van der Waals surface area contributed by atoms with Crippen molar-refractivity contribution in [2.24, 2.45) is 5.92 Å². The first-order valence-electron chi connectivity index (χ1n) is 4.67. The van der Waals surface area contributed by atoms with Crippen molar-refractivity contribution in [2.75, 3.05) is 6.54 Å². The molecular weight excluding hydrogens is 254 g/mol. The first-order valence-corrected chi connectivity index (χ1v) is 7.34. The van der Waals surface area contributed by atoms with Gasteiger partial charge in [0.05, 0.1) is 4.34 Å². The van der Waals surface area contributed by atoms with Crippen LogP contribution in [0.15, 0.2) is 16.3 Å². The summed E-state index contributed by atoms with van der Waals surface area (Å²) >= 11 is 6.75. The molecule has 0 radical (unpaired) electrons. The van der Waals surface area contributed by atoms with Crippen LogP contribution < -0.4 is 4.72 Å². The lowest BCUT2D eigenvalue weighted by molar-refractivity contribution is 0.553. The highest BCUT2D eigenvalue weighted by atomic mass is 35.5. The number of halogens is 1. The molecule has 0 amide bonds. The molecule has 1 aromatic rings. The lowest BCUT2D eigenvalue weighted by atomic mass is 10.1. The summed E-state index contributed by atoms with van der Waals surface area (Å²) in [6.45, 7) is 4.57. The van der Waals surface area contributed by atoms with Crippen LogP contribution in [-0.2, 0) is 10.0 Å². The zero-order valence-corrected chi connectivity index (χ0v) is 11.0. The van der Waals surface area contributed by atoms with E-state index in [2.05, 4.69) is 18.6 Å². The number of nitrogens with one attached hydrogen (secondary N) is 1. The second-order valence-electron chi connectivity index (χ2n) is 3.64. The van der Waals surface area contributed by atoms with Gasteiger partial charge in [0.15, 0.2) is 0 Å². The maximum atomic E-state index is 11.7. The molecule has 0 aliphatic carbocycles. The molecule has 0 spiro atoms. The van der Waals surface area contributed by atoms with Crippen molar-refractivity contribution < 1.29 is 8.42 Å². The Hall–Kier alpha value is -0.100. The summed E-state index contributed by atoms with van der Waals surface area (Å²) in [6, 6.07) is 3.11. The molecule has 1 N–H and O–H groups in total. The lowest BCUT2D eigenvalue weighted by Gasteiger charge is -2.06. The number of rotatable bonds is 5. The molecule has 0 unspecified atom stereocenters. The third-order valence-electron chi connectivity index (χ3n) is 1.83. The molecule has 0 aliphatic rings. The minimum Gasteiger partial charge on any atom is -0.210 e. The van der Waals surface area contributed by atoms with Gasteiger partial charge in [0, 0.05) is 6.54 Å². The minimum atomic E-state index is -3.35. The highest BCUT2D eigenvalue weighted by Crippen LogP contribution is 2.25. The average Bonchev–Trinajstić information content (AvgIpc) is 2.51. The maximum Gasteiger partial charge on any atom is 0.250 e. The molecule has 86 valence electrons. The van der Waals surface area contributed by atoms with Gasteiger partial charge in [-0.1, -0.05) is 25.4 Å². The van der Waals surface area contributed by atoms with Crippen LogP contribution >= 0.6 is 22.9 Å². The van der Waals surface area contributed by atoms with Crippen molar-refractivity contribution in [1.29, 1.82) is 0 Å². The van der Waals surface area contributed by atoms with Crippen LogP contribution in [0, 0.1) is 5.92 Å². The molecule has 0 fully saturated rings. The van der Waals surface area contributed by atoms with Crippen molar-refractivity contribution in [3.63, 3.8) is 0 Å². The molecular formula is C9H14ClNO2S2. The predicted molar refractivity (Wildman–Crippen MR) is 64.0 cm³/mol. The van der Waals surface area contributed by atoms with E-state index in [-0.39, 0.29) is 4.21 Å². The van der Waals surface area contributed by atoms with Crippen molar-refractivity contribution in [1.82, 2.24) is 4.72 Å². The fourth-order valence-corrected chi connectivity index (χ4v) is 3.57. The second kappa shape index (κ2) is 5.30. The van der Waals surface area contributed by atoms with Gasteiger partial charge < -0.3 is 0 Å².